The van der Waals surface area contributed by atoms with Crippen LogP contribution in [0.25, 0.3) is 0 Å². The molecule has 2 rings (SSSR count). The van der Waals surface area contributed by atoms with Crippen molar-refractivity contribution in [3.05, 3.63) is 48.6 Å². The summed E-state index contributed by atoms with van der Waals surface area (Å²) in [6.45, 7) is 2.56. The third kappa shape index (κ3) is 9.67. The fourth-order valence-electron chi connectivity index (χ4n) is 2.89. The van der Waals surface area contributed by atoms with E-state index in [2.05, 4.69) is 14.9 Å². The minimum Gasteiger partial charge on any atom is -0.459 e. The van der Waals surface area contributed by atoms with Crippen LogP contribution in [-0.2, 0) is 48.1 Å². The Labute approximate surface area is 213 Å². The average molecular weight is 521 g/mol. The molecule has 0 bridgehead atoms. The van der Waals surface area contributed by atoms with Crippen LogP contribution >= 0.6 is 0 Å². The molecular weight excluding hydrogens is 499 g/mol. The molecule has 1 saturated heterocycles. The van der Waals surface area contributed by atoms with Crippen molar-refractivity contribution in [1.82, 2.24) is 0 Å². The zero-order valence-electron chi connectivity index (χ0n) is 17.7. The molecule has 0 unspecified atom stereocenters. The Morgan fingerprint density at radius 1 is 1.06 bits per heavy atom. The number of ether oxygens (including phenoxy) is 4. The fourth-order valence-corrected chi connectivity index (χ4v) is 3.88. The van der Waals surface area contributed by atoms with Gasteiger partial charge >= 0.3 is 56.3 Å². The molecule has 0 saturated carbocycles. The number of hydrogen-bond donors (Lipinski definition) is 2. The second-order valence-electron chi connectivity index (χ2n) is 6.31. The summed E-state index contributed by atoms with van der Waals surface area (Å²) < 4.78 is 93.9. The molecular formula is C17H22NaO13S2+. The second-order valence-corrected chi connectivity index (χ2v) is 8.40. The van der Waals surface area contributed by atoms with Gasteiger partial charge < -0.3 is 18.9 Å². The minimum atomic E-state index is -5.13. The predicted molar refractivity (Wildman–Crippen MR) is 105 cm³/mol. The third-order valence-corrected chi connectivity index (χ3v) is 5.01. The molecule has 1 heterocycles. The first-order valence-corrected chi connectivity index (χ1v) is 11.6. The largest absolute Gasteiger partial charge is 1.00 e. The molecule has 0 radical (unpaired) electrons. The topological polar surface area (TPSA) is 181 Å². The van der Waals surface area contributed by atoms with Crippen molar-refractivity contribution in [3.8, 4) is 0 Å². The van der Waals surface area contributed by atoms with Gasteiger partial charge in [-0.1, -0.05) is 24.3 Å². The van der Waals surface area contributed by atoms with E-state index in [-0.39, 0.29) is 41.7 Å². The van der Waals surface area contributed by atoms with E-state index < -0.39 is 64.1 Å². The van der Waals surface area contributed by atoms with Crippen LogP contribution in [0.3, 0.4) is 0 Å². The quantitative estimate of drug-likeness (QED) is 0.132. The molecule has 1 aromatic carbocycles. The Balaban J connectivity index is 0.00000544. The first kappa shape index (κ1) is 30.1. The van der Waals surface area contributed by atoms with Crippen LogP contribution in [-0.4, -0.2) is 82.9 Å². The number of hydrogen-bond acceptors (Lipinski definition) is 11. The van der Waals surface area contributed by atoms with Crippen molar-refractivity contribution < 1.29 is 87.6 Å². The molecule has 1 fully saturated rings. The summed E-state index contributed by atoms with van der Waals surface area (Å²) in [6.07, 6.45) is -6.92. The van der Waals surface area contributed by atoms with Crippen LogP contribution in [0.4, 0.5) is 0 Å². The Bertz CT molecular complexity index is 983. The van der Waals surface area contributed by atoms with E-state index in [9.17, 15) is 26.2 Å². The smallest absolute Gasteiger partial charge is 0.459 e. The van der Waals surface area contributed by atoms with E-state index in [1.165, 1.54) is 18.2 Å². The van der Waals surface area contributed by atoms with Crippen LogP contribution in [0, 0.1) is 0 Å². The van der Waals surface area contributed by atoms with Gasteiger partial charge in [0, 0.05) is 7.11 Å². The average Bonchev–Trinajstić information content (AvgIpc) is 2.71. The molecule has 16 heteroatoms. The summed E-state index contributed by atoms with van der Waals surface area (Å²) >= 11 is 0. The summed E-state index contributed by atoms with van der Waals surface area (Å²) in [6, 6.07) is 7.81. The first-order chi connectivity index (χ1) is 14.9. The molecule has 13 nitrogen and oxygen atoms in total. The monoisotopic (exact) mass is 521 g/mol. The van der Waals surface area contributed by atoms with Crippen LogP contribution in [0.2, 0.25) is 0 Å². The second kappa shape index (κ2) is 13.2. The van der Waals surface area contributed by atoms with Crippen molar-refractivity contribution in [2.75, 3.05) is 20.3 Å². The van der Waals surface area contributed by atoms with Crippen LogP contribution in [0.5, 0.6) is 0 Å². The minimum absolute atomic E-state index is 0. The number of carbonyl (C=O) groups is 1. The van der Waals surface area contributed by atoms with Gasteiger partial charge in [-0.2, -0.15) is 16.8 Å². The molecule has 0 aromatic heterocycles. The zero-order valence-corrected chi connectivity index (χ0v) is 21.3. The maximum absolute atomic E-state index is 12.2. The molecule has 5 atom stereocenters. The van der Waals surface area contributed by atoms with E-state index >= 15 is 0 Å². The van der Waals surface area contributed by atoms with E-state index in [1.54, 1.807) is 18.2 Å². The molecule has 0 amide bonds. The summed E-state index contributed by atoms with van der Waals surface area (Å²) in [5.74, 6) is -0.784. The Morgan fingerprint density at radius 2 is 1.64 bits per heavy atom. The molecule has 2 N–H and O–H groups in total. The zero-order chi connectivity index (χ0) is 23.9. The first-order valence-electron chi connectivity index (χ1n) is 8.89. The van der Waals surface area contributed by atoms with Gasteiger partial charge in [-0.25, -0.2) is 13.2 Å². The van der Waals surface area contributed by atoms with Crippen molar-refractivity contribution in [1.29, 1.82) is 0 Å². The third-order valence-electron chi connectivity index (χ3n) is 4.08. The van der Waals surface area contributed by atoms with Gasteiger partial charge in [0.25, 0.3) is 0 Å². The standard InChI is InChI=1S/C17H22O13S2.Na/c1-3-9-26-14-13(29-31(19,20)21)12(10-27-16(18)11-7-5-4-6-8-11)28-17(25-2)15(14)30-32(22,23)24;/h3-8,12-15,17H,1,9-10H2,2H3,(H,19,20,21)(H,22,23,24);/q;+1/t12-,13-,14+,15+,17+;/m1./s1. The molecule has 1 aliphatic heterocycles. The SMILES string of the molecule is C=CCO[C@@H]1[C@H](OS(=O)(=O)O)[C@@H](OC)O[C@H](COC(=O)c2ccccc2)[C@H]1OS(=O)(=O)O.[Na+]. The molecule has 1 aromatic rings. The Morgan fingerprint density at radius 3 is 2.15 bits per heavy atom. The maximum Gasteiger partial charge on any atom is 1.00 e. The van der Waals surface area contributed by atoms with E-state index in [1.807, 2.05) is 0 Å². The van der Waals surface area contributed by atoms with Gasteiger partial charge in [0.1, 0.15) is 24.9 Å². The van der Waals surface area contributed by atoms with Crippen LogP contribution < -0.4 is 29.6 Å². The van der Waals surface area contributed by atoms with Crippen LogP contribution in [0.15, 0.2) is 43.0 Å². The number of benzene rings is 1. The molecule has 0 spiro atoms. The van der Waals surface area contributed by atoms with E-state index in [4.69, 9.17) is 23.5 Å². The van der Waals surface area contributed by atoms with Gasteiger partial charge in [0.05, 0.1) is 12.2 Å². The van der Waals surface area contributed by atoms with Gasteiger partial charge in [0.15, 0.2) is 12.4 Å². The molecule has 180 valence electrons. The normalized spacial score (nSPS) is 25.6. The predicted octanol–water partition coefficient (Wildman–Crippen LogP) is -2.83. The molecule has 0 aliphatic carbocycles. The number of methoxy groups -OCH3 is 1. The van der Waals surface area contributed by atoms with Crippen LogP contribution in [0.1, 0.15) is 10.4 Å². The summed E-state index contributed by atoms with van der Waals surface area (Å²) in [5.41, 5.74) is 0.186. The fraction of sp³-hybridized carbons (Fsp3) is 0.471. The van der Waals surface area contributed by atoms with Gasteiger partial charge in [-0.15, -0.1) is 6.58 Å². The summed E-state index contributed by atoms with van der Waals surface area (Å²) in [7, 11) is -9.12. The number of esters is 1. The Kier molecular flexibility index (Phi) is 12.1. The Hall–Kier alpha value is -0.950. The van der Waals surface area contributed by atoms with Gasteiger partial charge in [-0.05, 0) is 12.1 Å². The van der Waals surface area contributed by atoms with Crippen molar-refractivity contribution in [2.45, 2.75) is 30.7 Å². The molecule has 33 heavy (non-hydrogen) atoms. The summed E-state index contributed by atoms with van der Waals surface area (Å²) in [4.78, 5) is 12.2. The number of carbonyl (C=O) groups excluding carboxylic acids is 1. The van der Waals surface area contributed by atoms with Crippen molar-refractivity contribution in [2.24, 2.45) is 0 Å². The van der Waals surface area contributed by atoms with E-state index in [0.29, 0.717) is 0 Å². The van der Waals surface area contributed by atoms with E-state index in [0.717, 1.165) is 7.11 Å². The van der Waals surface area contributed by atoms with Gasteiger partial charge in [0.2, 0.25) is 0 Å². The summed E-state index contributed by atoms with van der Waals surface area (Å²) in [5, 5.41) is 0. The molecule has 1 aliphatic rings. The van der Waals surface area contributed by atoms with Crippen molar-refractivity contribution >= 4 is 26.8 Å². The van der Waals surface area contributed by atoms with Gasteiger partial charge in [-0.3, -0.25) is 9.11 Å². The number of rotatable bonds is 11. The maximum atomic E-state index is 12.2. The van der Waals surface area contributed by atoms with Crippen molar-refractivity contribution in [3.63, 3.8) is 0 Å².